The van der Waals surface area contributed by atoms with Gasteiger partial charge in [0.2, 0.25) is 5.95 Å². The van der Waals surface area contributed by atoms with Crippen LogP contribution in [0.5, 0.6) is 0 Å². The van der Waals surface area contributed by atoms with Crippen LogP contribution in [0.4, 0.5) is 11.6 Å². The van der Waals surface area contributed by atoms with Crippen LogP contribution in [0, 0.1) is 0 Å². The molecule has 2 heterocycles. The van der Waals surface area contributed by atoms with E-state index in [1.54, 1.807) is 42.7 Å². The van der Waals surface area contributed by atoms with Gasteiger partial charge in [0.1, 0.15) is 0 Å². The lowest BCUT2D eigenvalue weighted by molar-refractivity contribution is -0.914. The SMILES string of the molecule is CC(=O)c1cccc(NC(=O)[C@@H](C)[NH+]2CCN(c3ncccn3)CC2)c1. The summed E-state index contributed by atoms with van der Waals surface area (Å²) in [7, 11) is 0. The van der Waals surface area contributed by atoms with Crippen molar-refractivity contribution in [1.29, 1.82) is 0 Å². The van der Waals surface area contributed by atoms with E-state index in [-0.39, 0.29) is 17.7 Å². The van der Waals surface area contributed by atoms with Gasteiger partial charge in [-0.25, -0.2) is 9.97 Å². The Bertz CT molecular complexity index is 773. The summed E-state index contributed by atoms with van der Waals surface area (Å²) in [5, 5.41) is 2.93. The van der Waals surface area contributed by atoms with Crippen LogP contribution in [0.2, 0.25) is 0 Å². The number of benzene rings is 1. The zero-order chi connectivity index (χ0) is 18.5. The lowest BCUT2D eigenvalue weighted by Gasteiger charge is -2.34. The van der Waals surface area contributed by atoms with Crippen LogP contribution in [-0.4, -0.2) is 53.9 Å². The molecule has 7 heteroatoms. The molecule has 1 aromatic carbocycles. The Morgan fingerprint density at radius 2 is 1.85 bits per heavy atom. The largest absolute Gasteiger partial charge is 0.330 e. The Labute approximate surface area is 153 Å². The Morgan fingerprint density at radius 1 is 1.15 bits per heavy atom. The van der Waals surface area contributed by atoms with E-state index in [1.165, 1.54) is 11.8 Å². The van der Waals surface area contributed by atoms with E-state index in [1.807, 2.05) is 6.92 Å². The van der Waals surface area contributed by atoms with Gasteiger partial charge in [-0.1, -0.05) is 12.1 Å². The number of carbonyl (C=O) groups excluding carboxylic acids is 2. The first-order valence-electron chi connectivity index (χ1n) is 8.83. The Balaban J connectivity index is 1.56. The summed E-state index contributed by atoms with van der Waals surface area (Å²) >= 11 is 0. The number of nitrogens with one attached hydrogen (secondary N) is 2. The van der Waals surface area contributed by atoms with E-state index < -0.39 is 0 Å². The first kappa shape index (κ1) is 18.0. The zero-order valence-corrected chi connectivity index (χ0v) is 15.1. The fraction of sp³-hybridized carbons (Fsp3) is 0.368. The molecule has 0 radical (unpaired) electrons. The number of ketones is 1. The van der Waals surface area contributed by atoms with Gasteiger partial charge in [-0.05, 0) is 32.0 Å². The molecule has 1 aliphatic rings. The van der Waals surface area contributed by atoms with Crippen molar-refractivity contribution in [3.8, 4) is 0 Å². The molecule has 1 aliphatic heterocycles. The van der Waals surface area contributed by atoms with Gasteiger partial charge in [-0.15, -0.1) is 0 Å². The number of rotatable bonds is 5. The standard InChI is InChI=1S/C19H23N5O2/c1-14(18(26)22-17-6-3-5-16(13-17)15(2)25)23-9-11-24(12-10-23)19-20-7-4-8-21-19/h3-8,13-14H,9-12H2,1-2H3,(H,22,26)/p+1/t14-/m1/s1. The number of amides is 1. The third-order valence-corrected chi connectivity index (χ3v) is 4.78. The van der Waals surface area contributed by atoms with Crippen LogP contribution >= 0.6 is 0 Å². The van der Waals surface area contributed by atoms with Crippen molar-refractivity contribution in [1.82, 2.24) is 9.97 Å². The first-order chi connectivity index (χ1) is 12.5. The molecule has 0 aliphatic carbocycles. The van der Waals surface area contributed by atoms with Gasteiger partial charge in [-0.3, -0.25) is 9.59 Å². The highest BCUT2D eigenvalue weighted by atomic mass is 16.2. The highest BCUT2D eigenvalue weighted by Gasteiger charge is 2.30. The molecular formula is C19H24N5O2+. The summed E-state index contributed by atoms with van der Waals surface area (Å²) in [6, 6.07) is 8.68. The van der Waals surface area contributed by atoms with Gasteiger partial charge in [0.25, 0.3) is 5.91 Å². The van der Waals surface area contributed by atoms with Crippen LogP contribution < -0.4 is 15.1 Å². The molecule has 3 rings (SSSR count). The smallest absolute Gasteiger partial charge is 0.282 e. The van der Waals surface area contributed by atoms with Crippen molar-refractivity contribution in [3.63, 3.8) is 0 Å². The predicted octanol–water partition coefficient (Wildman–Crippen LogP) is 0.411. The van der Waals surface area contributed by atoms with Gasteiger partial charge in [-0.2, -0.15) is 0 Å². The van der Waals surface area contributed by atoms with E-state index in [4.69, 9.17) is 0 Å². The molecule has 0 spiro atoms. The molecule has 1 aromatic heterocycles. The average Bonchev–Trinajstić information content (AvgIpc) is 2.68. The van der Waals surface area contributed by atoms with Crippen LogP contribution in [0.3, 0.4) is 0 Å². The van der Waals surface area contributed by atoms with Gasteiger partial charge in [0.05, 0.1) is 26.2 Å². The fourth-order valence-corrected chi connectivity index (χ4v) is 3.13. The quantitative estimate of drug-likeness (QED) is 0.761. The maximum absolute atomic E-state index is 12.6. The zero-order valence-electron chi connectivity index (χ0n) is 15.1. The minimum absolute atomic E-state index is 0.0148. The number of hydrogen-bond acceptors (Lipinski definition) is 5. The van der Waals surface area contributed by atoms with Crippen molar-refractivity contribution < 1.29 is 14.5 Å². The number of hydrogen-bond donors (Lipinski definition) is 2. The molecule has 1 amide bonds. The Kier molecular flexibility index (Phi) is 5.58. The number of piperazine rings is 1. The fourth-order valence-electron chi connectivity index (χ4n) is 3.13. The molecule has 26 heavy (non-hydrogen) atoms. The number of anilines is 2. The molecule has 0 saturated carbocycles. The summed E-state index contributed by atoms with van der Waals surface area (Å²) in [4.78, 5) is 36.0. The van der Waals surface area contributed by atoms with Crippen LogP contribution in [0.25, 0.3) is 0 Å². The average molecular weight is 354 g/mol. The van der Waals surface area contributed by atoms with Crippen LogP contribution in [-0.2, 0) is 4.79 Å². The third kappa shape index (κ3) is 4.23. The lowest BCUT2D eigenvalue weighted by Crippen LogP contribution is -3.19. The molecule has 1 atom stereocenters. The highest BCUT2D eigenvalue weighted by molar-refractivity contribution is 5.97. The molecule has 2 N–H and O–H groups in total. The molecule has 2 aromatic rings. The van der Waals surface area contributed by atoms with Crippen molar-refractivity contribution >= 4 is 23.3 Å². The number of nitrogens with zero attached hydrogens (tertiary/aromatic N) is 3. The summed E-state index contributed by atoms with van der Waals surface area (Å²) in [6.45, 7) is 6.78. The van der Waals surface area contributed by atoms with Crippen molar-refractivity contribution in [3.05, 3.63) is 48.3 Å². The Hall–Kier alpha value is -2.80. The van der Waals surface area contributed by atoms with Crippen molar-refractivity contribution in [2.75, 3.05) is 36.4 Å². The van der Waals surface area contributed by atoms with E-state index in [9.17, 15) is 9.59 Å². The predicted molar refractivity (Wildman–Crippen MR) is 99.5 cm³/mol. The molecule has 0 bridgehead atoms. The number of Topliss-reactive ketones (excluding diaryl/α,β-unsaturated/α-hetero) is 1. The molecule has 0 unspecified atom stereocenters. The molecule has 7 nitrogen and oxygen atoms in total. The maximum Gasteiger partial charge on any atom is 0.282 e. The summed E-state index contributed by atoms with van der Waals surface area (Å²) in [6.07, 6.45) is 3.49. The van der Waals surface area contributed by atoms with Gasteiger partial charge >= 0.3 is 0 Å². The van der Waals surface area contributed by atoms with Crippen LogP contribution in [0.1, 0.15) is 24.2 Å². The molecule has 1 fully saturated rings. The van der Waals surface area contributed by atoms with E-state index in [0.29, 0.717) is 11.3 Å². The third-order valence-electron chi connectivity index (χ3n) is 4.78. The van der Waals surface area contributed by atoms with E-state index in [2.05, 4.69) is 20.2 Å². The Morgan fingerprint density at radius 3 is 2.50 bits per heavy atom. The second-order valence-electron chi connectivity index (χ2n) is 6.54. The molecular weight excluding hydrogens is 330 g/mol. The number of quaternary nitrogens is 1. The molecule has 1 saturated heterocycles. The maximum atomic E-state index is 12.6. The first-order valence-corrected chi connectivity index (χ1v) is 8.83. The van der Waals surface area contributed by atoms with Crippen molar-refractivity contribution in [2.45, 2.75) is 19.9 Å². The minimum Gasteiger partial charge on any atom is -0.330 e. The van der Waals surface area contributed by atoms with Crippen LogP contribution in [0.15, 0.2) is 42.7 Å². The second-order valence-corrected chi connectivity index (χ2v) is 6.54. The van der Waals surface area contributed by atoms with E-state index >= 15 is 0 Å². The number of carbonyl (C=O) groups is 2. The topological polar surface area (TPSA) is 79.6 Å². The normalized spacial score (nSPS) is 16.2. The monoisotopic (exact) mass is 354 g/mol. The highest BCUT2D eigenvalue weighted by Crippen LogP contribution is 2.11. The molecule has 136 valence electrons. The van der Waals surface area contributed by atoms with Gasteiger partial charge in [0.15, 0.2) is 11.8 Å². The summed E-state index contributed by atoms with van der Waals surface area (Å²) in [5.74, 6) is 0.689. The van der Waals surface area contributed by atoms with E-state index in [0.717, 1.165) is 32.1 Å². The summed E-state index contributed by atoms with van der Waals surface area (Å²) < 4.78 is 0. The second kappa shape index (κ2) is 8.05. The minimum atomic E-state index is -0.171. The van der Waals surface area contributed by atoms with Gasteiger partial charge < -0.3 is 15.1 Å². The summed E-state index contributed by atoms with van der Waals surface area (Å²) in [5.41, 5.74) is 1.25. The van der Waals surface area contributed by atoms with Gasteiger partial charge in [0, 0.05) is 23.6 Å². The number of aromatic nitrogens is 2. The lowest BCUT2D eigenvalue weighted by atomic mass is 10.1. The van der Waals surface area contributed by atoms with Crippen molar-refractivity contribution in [2.24, 2.45) is 0 Å².